The van der Waals surface area contributed by atoms with E-state index in [1.807, 2.05) is 29.7 Å². The summed E-state index contributed by atoms with van der Waals surface area (Å²) in [7, 11) is 3.45. The van der Waals surface area contributed by atoms with Gasteiger partial charge in [-0.25, -0.2) is 4.99 Å². The van der Waals surface area contributed by atoms with E-state index in [2.05, 4.69) is 30.8 Å². The Labute approximate surface area is 176 Å². The van der Waals surface area contributed by atoms with Crippen LogP contribution < -0.4 is 10.6 Å². The molecule has 0 unspecified atom stereocenters. The number of aromatic nitrogens is 4. The predicted octanol–water partition coefficient (Wildman–Crippen LogP) is 0.677. The first kappa shape index (κ1) is 22.8. The summed E-state index contributed by atoms with van der Waals surface area (Å²) in [4.78, 5) is 22.1. The molecule has 1 amide bonds. The van der Waals surface area contributed by atoms with Crippen molar-refractivity contribution in [1.29, 1.82) is 0 Å². The number of hydrogen-bond acceptors (Lipinski definition) is 5. The summed E-state index contributed by atoms with van der Waals surface area (Å²) in [5.41, 5.74) is 0.861. The summed E-state index contributed by atoms with van der Waals surface area (Å²) in [6.45, 7) is 3.99. The SMILES string of the molecule is CCc1nncn1CCNC(=NCc1ccccn1)NCC(=O)N(C)C.I. The molecule has 0 aliphatic rings. The Morgan fingerprint density at radius 2 is 2.11 bits per heavy atom. The Hall–Kier alpha value is -2.24. The van der Waals surface area contributed by atoms with Crippen molar-refractivity contribution >= 4 is 35.8 Å². The number of rotatable bonds is 8. The molecule has 0 bridgehead atoms. The Morgan fingerprint density at radius 1 is 1.30 bits per heavy atom. The smallest absolute Gasteiger partial charge is 0.241 e. The Bertz CT molecular complexity index is 717. The normalized spacial score (nSPS) is 10.9. The number of amides is 1. The van der Waals surface area contributed by atoms with Gasteiger partial charge in [0, 0.05) is 39.8 Å². The van der Waals surface area contributed by atoms with Gasteiger partial charge in [-0.3, -0.25) is 9.78 Å². The van der Waals surface area contributed by atoms with Crippen molar-refractivity contribution in [3.8, 4) is 0 Å². The molecule has 148 valence electrons. The Kier molecular flexibility index (Phi) is 10.3. The first-order chi connectivity index (χ1) is 12.6. The molecule has 0 radical (unpaired) electrons. The van der Waals surface area contributed by atoms with Crippen molar-refractivity contribution in [2.24, 2.45) is 4.99 Å². The first-order valence-electron chi connectivity index (χ1n) is 8.59. The number of nitrogens with zero attached hydrogens (tertiary/aromatic N) is 6. The molecular weight excluding hydrogens is 459 g/mol. The second kappa shape index (κ2) is 12.2. The molecule has 2 rings (SSSR count). The third kappa shape index (κ3) is 7.89. The number of carbonyl (C=O) groups excluding carboxylic acids is 1. The van der Waals surface area contributed by atoms with Crippen LogP contribution in [0.15, 0.2) is 35.7 Å². The van der Waals surface area contributed by atoms with Crippen LogP contribution in [0.2, 0.25) is 0 Å². The highest BCUT2D eigenvalue weighted by Crippen LogP contribution is 1.96. The fraction of sp³-hybridized carbons (Fsp3) is 0.471. The van der Waals surface area contributed by atoms with Gasteiger partial charge in [-0.05, 0) is 12.1 Å². The van der Waals surface area contributed by atoms with E-state index in [0.717, 1.165) is 17.9 Å². The number of halogens is 1. The molecule has 2 N–H and O–H groups in total. The highest BCUT2D eigenvalue weighted by Gasteiger charge is 2.07. The zero-order chi connectivity index (χ0) is 18.8. The van der Waals surface area contributed by atoms with Crippen LogP contribution in [0.3, 0.4) is 0 Å². The number of pyridine rings is 1. The molecule has 0 aromatic carbocycles. The number of likely N-dealkylation sites (N-methyl/N-ethyl adjacent to an activating group) is 1. The average Bonchev–Trinajstić information content (AvgIpc) is 3.11. The van der Waals surface area contributed by atoms with Crippen molar-refractivity contribution < 1.29 is 4.79 Å². The van der Waals surface area contributed by atoms with E-state index in [1.54, 1.807) is 26.6 Å². The molecule has 27 heavy (non-hydrogen) atoms. The van der Waals surface area contributed by atoms with Gasteiger partial charge >= 0.3 is 0 Å². The van der Waals surface area contributed by atoms with Crippen LogP contribution in [0.5, 0.6) is 0 Å². The second-order valence-electron chi connectivity index (χ2n) is 5.85. The first-order valence-corrected chi connectivity index (χ1v) is 8.59. The lowest BCUT2D eigenvalue weighted by Gasteiger charge is -2.15. The van der Waals surface area contributed by atoms with E-state index in [-0.39, 0.29) is 36.4 Å². The minimum absolute atomic E-state index is 0. The van der Waals surface area contributed by atoms with E-state index in [9.17, 15) is 4.79 Å². The van der Waals surface area contributed by atoms with Crippen LogP contribution in [0, 0.1) is 0 Å². The number of hydrogen-bond donors (Lipinski definition) is 2. The monoisotopic (exact) mass is 486 g/mol. The highest BCUT2D eigenvalue weighted by molar-refractivity contribution is 14.0. The van der Waals surface area contributed by atoms with E-state index in [4.69, 9.17) is 0 Å². The van der Waals surface area contributed by atoms with Gasteiger partial charge in [-0.1, -0.05) is 13.0 Å². The number of carbonyl (C=O) groups is 1. The van der Waals surface area contributed by atoms with Crippen LogP contribution in [-0.4, -0.2) is 63.7 Å². The molecule has 0 atom stereocenters. The molecule has 0 saturated carbocycles. The van der Waals surface area contributed by atoms with E-state index in [1.165, 1.54) is 4.90 Å². The summed E-state index contributed by atoms with van der Waals surface area (Å²) in [5, 5.41) is 14.3. The summed E-state index contributed by atoms with van der Waals surface area (Å²) < 4.78 is 1.99. The third-order valence-corrected chi connectivity index (χ3v) is 3.69. The van der Waals surface area contributed by atoms with Gasteiger partial charge in [0.05, 0.1) is 18.8 Å². The molecule has 0 aliphatic carbocycles. The number of aliphatic imine (C=N–C) groups is 1. The van der Waals surface area contributed by atoms with Crippen molar-refractivity contribution in [2.45, 2.75) is 26.4 Å². The maximum absolute atomic E-state index is 11.8. The van der Waals surface area contributed by atoms with Crippen LogP contribution in [0.25, 0.3) is 0 Å². The second-order valence-corrected chi connectivity index (χ2v) is 5.85. The minimum atomic E-state index is -0.0237. The van der Waals surface area contributed by atoms with Gasteiger partial charge in [0.2, 0.25) is 5.91 Å². The van der Waals surface area contributed by atoms with E-state index in [0.29, 0.717) is 25.6 Å². The lowest BCUT2D eigenvalue weighted by atomic mass is 10.3. The standard InChI is InChI=1S/C17H26N8O.HI/c1-4-15-23-22-13-25(15)10-9-19-17(21-12-16(26)24(2)3)20-11-14-7-5-6-8-18-14;/h5-8,13H,4,9-12H2,1-3H3,(H2,19,20,21);1H. The van der Waals surface area contributed by atoms with Gasteiger partial charge in [0.25, 0.3) is 0 Å². The lowest BCUT2D eigenvalue weighted by Crippen LogP contribution is -2.43. The molecule has 2 aromatic heterocycles. The number of guanidine groups is 1. The molecule has 0 saturated heterocycles. The topological polar surface area (TPSA) is 100 Å². The molecule has 2 heterocycles. The van der Waals surface area contributed by atoms with E-state index >= 15 is 0 Å². The predicted molar refractivity (Wildman–Crippen MR) is 115 cm³/mol. The summed E-state index contributed by atoms with van der Waals surface area (Å²) in [6.07, 6.45) is 4.28. The summed E-state index contributed by atoms with van der Waals surface area (Å²) in [5.74, 6) is 1.48. The van der Waals surface area contributed by atoms with Crippen LogP contribution in [0.1, 0.15) is 18.4 Å². The molecule has 0 aliphatic heterocycles. The zero-order valence-corrected chi connectivity index (χ0v) is 18.3. The largest absolute Gasteiger partial charge is 0.355 e. The molecule has 10 heteroatoms. The van der Waals surface area contributed by atoms with Crippen LogP contribution in [-0.2, 0) is 24.3 Å². The highest BCUT2D eigenvalue weighted by atomic mass is 127. The molecule has 0 fully saturated rings. The summed E-state index contributed by atoms with van der Waals surface area (Å²) in [6, 6.07) is 5.70. The van der Waals surface area contributed by atoms with Gasteiger partial charge in [-0.2, -0.15) is 0 Å². The maximum atomic E-state index is 11.8. The quantitative estimate of drug-likeness (QED) is 0.324. The van der Waals surface area contributed by atoms with Crippen molar-refractivity contribution in [3.05, 3.63) is 42.2 Å². The maximum Gasteiger partial charge on any atom is 0.241 e. The molecule has 0 spiro atoms. The van der Waals surface area contributed by atoms with E-state index < -0.39 is 0 Å². The minimum Gasteiger partial charge on any atom is -0.355 e. The van der Waals surface area contributed by atoms with Crippen LogP contribution in [0.4, 0.5) is 0 Å². The Morgan fingerprint density at radius 3 is 2.78 bits per heavy atom. The number of nitrogens with one attached hydrogen (secondary N) is 2. The third-order valence-electron chi connectivity index (χ3n) is 3.69. The van der Waals surface area contributed by atoms with Gasteiger partial charge in [0.1, 0.15) is 12.2 Å². The zero-order valence-electron chi connectivity index (χ0n) is 15.9. The van der Waals surface area contributed by atoms with Crippen molar-refractivity contribution in [1.82, 2.24) is 35.3 Å². The van der Waals surface area contributed by atoms with Gasteiger partial charge in [-0.15, -0.1) is 34.2 Å². The lowest BCUT2D eigenvalue weighted by molar-refractivity contribution is -0.127. The van der Waals surface area contributed by atoms with Crippen molar-refractivity contribution in [2.75, 3.05) is 27.2 Å². The van der Waals surface area contributed by atoms with Gasteiger partial charge in [0.15, 0.2) is 5.96 Å². The number of aryl methyl sites for hydroxylation is 1. The van der Waals surface area contributed by atoms with Crippen molar-refractivity contribution in [3.63, 3.8) is 0 Å². The summed E-state index contributed by atoms with van der Waals surface area (Å²) >= 11 is 0. The Balaban J connectivity index is 0.00000364. The van der Waals surface area contributed by atoms with Crippen LogP contribution >= 0.6 is 24.0 Å². The fourth-order valence-corrected chi connectivity index (χ4v) is 2.18. The molecule has 9 nitrogen and oxygen atoms in total. The van der Waals surface area contributed by atoms with Gasteiger partial charge < -0.3 is 20.1 Å². The fourth-order valence-electron chi connectivity index (χ4n) is 2.18. The molecule has 2 aromatic rings. The average molecular weight is 486 g/mol. The molecular formula is C17H27IN8O.